The van der Waals surface area contributed by atoms with Gasteiger partial charge < -0.3 is 4.90 Å². The van der Waals surface area contributed by atoms with Gasteiger partial charge in [-0.1, -0.05) is 25.5 Å². The van der Waals surface area contributed by atoms with Crippen LogP contribution in [-0.2, 0) is 16.4 Å². The molecule has 4 rings (SSSR count). The van der Waals surface area contributed by atoms with Gasteiger partial charge in [-0.3, -0.25) is 9.52 Å². The summed E-state index contributed by atoms with van der Waals surface area (Å²) in [5.74, 6) is -0.135. The lowest BCUT2D eigenvalue weighted by Gasteiger charge is -2.27. The topological polar surface area (TPSA) is 92.3 Å². The SMILES string of the molecule is CCCc1ccc(C(=O)N2CCCCC2)c(NS(=O)(=O)c2cccc3nsnc23)c1. The van der Waals surface area contributed by atoms with Gasteiger partial charge >= 0.3 is 0 Å². The van der Waals surface area contributed by atoms with E-state index in [1.165, 1.54) is 6.07 Å². The molecule has 158 valence electrons. The number of anilines is 1. The fourth-order valence-electron chi connectivity index (χ4n) is 3.77. The number of hydrogen-bond acceptors (Lipinski definition) is 6. The number of nitrogens with zero attached hydrogens (tertiary/aromatic N) is 3. The molecule has 1 aliphatic heterocycles. The summed E-state index contributed by atoms with van der Waals surface area (Å²) in [5.41, 5.74) is 2.55. The van der Waals surface area contributed by atoms with E-state index in [-0.39, 0.29) is 10.8 Å². The van der Waals surface area contributed by atoms with Crippen molar-refractivity contribution in [2.45, 2.75) is 43.9 Å². The number of carbonyl (C=O) groups is 1. The number of amides is 1. The van der Waals surface area contributed by atoms with Crippen molar-refractivity contribution in [3.8, 4) is 0 Å². The first-order valence-corrected chi connectivity index (χ1v) is 12.4. The Morgan fingerprint density at radius 3 is 2.70 bits per heavy atom. The second-order valence-electron chi connectivity index (χ2n) is 7.48. The predicted octanol–water partition coefficient (Wildman–Crippen LogP) is 4.07. The molecule has 9 heteroatoms. The van der Waals surface area contributed by atoms with E-state index in [2.05, 4.69) is 20.4 Å². The van der Waals surface area contributed by atoms with E-state index in [9.17, 15) is 13.2 Å². The Bertz CT molecular complexity index is 1170. The first-order chi connectivity index (χ1) is 14.5. The van der Waals surface area contributed by atoms with Gasteiger partial charge in [0.25, 0.3) is 15.9 Å². The minimum Gasteiger partial charge on any atom is -0.339 e. The maximum Gasteiger partial charge on any atom is 0.264 e. The Balaban J connectivity index is 1.73. The zero-order valence-electron chi connectivity index (χ0n) is 16.8. The molecule has 0 bridgehead atoms. The molecule has 1 aromatic heterocycles. The minimum absolute atomic E-state index is 0.0611. The Morgan fingerprint density at radius 1 is 1.13 bits per heavy atom. The van der Waals surface area contributed by atoms with Crippen LogP contribution >= 0.6 is 11.7 Å². The molecule has 0 saturated carbocycles. The summed E-state index contributed by atoms with van der Waals surface area (Å²) in [6.45, 7) is 3.46. The zero-order valence-corrected chi connectivity index (χ0v) is 18.4. The molecule has 7 nitrogen and oxygen atoms in total. The zero-order chi connectivity index (χ0) is 21.1. The summed E-state index contributed by atoms with van der Waals surface area (Å²) in [5, 5.41) is 0. The van der Waals surface area contributed by atoms with Crippen LogP contribution in [0.3, 0.4) is 0 Å². The van der Waals surface area contributed by atoms with Crippen LogP contribution in [0.25, 0.3) is 11.0 Å². The molecule has 1 aliphatic rings. The van der Waals surface area contributed by atoms with E-state index in [0.29, 0.717) is 35.4 Å². The quantitative estimate of drug-likeness (QED) is 0.619. The average Bonchev–Trinajstić information content (AvgIpc) is 3.23. The number of rotatable bonds is 6. The number of piperidine rings is 1. The van der Waals surface area contributed by atoms with Crippen LogP contribution in [0.4, 0.5) is 5.69 Å². The molecular formula is C21H24N4O3S2. The Kier molecular flexibility index (Phi) is 6.01. The third-order valence-corrected chi connectivity index (χ3v) is 7.22. The van der Waals surface area contributed by atoms with Gasteiger partial charge in [0, 0.05) is 13.1 Å². The number of likely N-dealkylation sites (tertiary alicyclic amines) is 1. The van der Waals surface area contributed by atoms with Crippen molar-refractivity contribution in [2.75, 3.05) is 17.8 Å². The molecule has 2 aromatic carbocycles. The standard InChI is InChI=1S/C21H24N4O3S2/c1-2-7-15-10-11-16(21(26)25-12-4-3-5-13-25)18(14-15)24-30(27,28)19-9-6-8-17-20(19)23-29-22-17/h6,8-11,14,24H,2-5,7,12-13H2,1H3. The van der Waals surface area contributed by atoms with Gasteiger partial charge in [0.1, 0.15) is 15.9 Å². The first-order valence-electron chi connectivity index (χ1n) is 10.2. The van der Waals surface area contributed by atoms with E-state index in [1.807, 2.05) is 6.07 Å². The summed E-state index contributed by atoms with van der Waals surface area (Å²) in [6.07, 6.45) is 4.79. The van der Waals surface area contributed by atoms with Crippen molar-refractivity contribution < 1.29 is 13.2 Å². The third-order valence-electron chi connectivity index (χ3n) is 5.28. The summed E-state index contributed by atoms with van der Waals surface area (Å²) >= 11 is 0.972. The second-order valence-corrected chi connectivity index (χ2v) is 9.66. The smallest absolute Gasteiger partial charge is 0.264 e. The minimum atomic E-state index is -3.94. The third kappa shape index (κ3) is 4.17. The highest BCUT2D eigenvalue weighted by Crippen LogP contribution is 2.28. The molecule has 0 unspecified atom stereocenters. The molecule has 3 aromatic rings. The molecule has 30 heavy (non-hydrogen) atoms. The number of carbonyl (C=O) groups excluding carboxylic acids is 1. The van der Waals surface area contributed by atoms with Gasteiger partial charge in [-0.25, -0.2) is 8.42 Å². The van der Waals surface area contributed by atoms with Crippen LogP contribution in [0.5, 0.6) is 0 Å². The normalized spacial score (nSPS) is 14.8. The molecule has 0 atom stereocenters. The predicted molar refractivity (Wildman–Crippen MR) is 118 cm³/mol. The molecule has 1 amide bonds. The van der Waals surface area contributed by atoms with Crippen molar-refractivity contribution >= 4 is 44.4 Å². The lowest BCUT2D eigenvalue weighted by molar-refractivity contribution is 0.0725. The fraction of sp³-hybridized carbons (Fsp3) is 0.381. The monoisotopic (exact) mass is 444 g/mol. The molecule has 1 N–H and O–H groups in total. The summed E-state index contributed by atoms with van der Waals surface area (Å²) in [6, 6.07) is 10.3. The van der Waals surface area contributed by atoms with E-state index in [4.69, 9.17) is 0 Å². The van der Waals surface area contributed by atoms with Crippen LogP contribution in [-0.4, -0.2) is 41.1 Å². The largest absolute Gasteiger partial charge is 0.339 e. The Labute approximate surface area is 180 Å². The van der Waals surface area contributed by atoms with Crippen molar-refractivity contribution in [2.24, 2.45) is 0 Å². The number of aryl methyl sites for hydroxylation is 1. The number of nitrogens with one attached hydrogen (secondary N) is 1. The van der Waals surface area contributed by atoms with E-state index < -0.39 is 10.0 Å². The summed E-state index contributed by atoms with van der Waals surface area (Å²) < 4.78 is 37.4. The van der Waals surface area contributed by atoms with Crippen molar-refractivity contribution in [3.63, 3.8) is 0 Å². The average molecular weight is 445 g/mol. The molecule has 1 fully saturated rings. The molecule has 1 saturated heterocycles. The fourth-order valence-corrected chi connectivity index (χ4v) is 5.61. The van der Waals surface area contributed by atoms with Gasteiger partial charge in [0.2, 0.25) is 0 Å². The molecule has 2 heterocycles. The lowest BCUT2D eigenvalue weighted by atomic mass is 10.0. The van der Waals surface area contributed by atoms with Crippen LogP contribution in [0.15, 0.2) is 41.3 Å². The summed E-state index contributed by atoms with van der Waals surface area (Å²) in [7, 11) is -3.94. The first kappa shape index (κ1) is 20.7. The van der Waals surface area contributed by atoms with E-state index in [0.717, 1.165) is 49.4 Å². The second kappa shape index (κ2) is 8.69. The number of benzene rings is 2. The lowest BCUT2D eigenvalue weighted by Crippen LogP contribution is -2.36. The molecule has 0 radical (unpaired) electrons. The van der Waals surface area contributed by atoms with E-state index >= 15 is 0 Å². The van der Waals surface area contributed by atoms with Crippen LogP contribution < -0.4 is 4.72 Å². The number of fused-ring (bicyclic) bond motifs is 1. The van der Waals surface area contributed by atoms with Gasteiger partial charge in [-0.2, -0.15) is 8.75 Å². The van der Waals surface area contributed by atoms with Crippen molar-refractivity contribution in [1.29, 1.82) is 0 Å². The van der Waals surface area contributed by atoms with Crippen LogP contribution in [0, 0.1) is 0 Å². The van der Waals surface area contributed by atoms with Crippen LogP contribution in [0.2, 0.25) is 0 Å². The number of aromatic nitrogens is 2. The van der Waals surface area contributed by atoms with Crippen molar-refractivity contribution in [3.05, 3.63) is 47.5 Å². The summed E-state index contributed by atoms with van der Waals surface area (Å²) in [4.78, 5) is 15.0. The number of sulfonamides is 1. The maximum atomic E-state index is 13.2. The van der Waals surface area contributed by atoms with E-state index in [1.54, 1.807) is 29.2 Å². The van der Waals surface area contributed by atoms with Crippen LogP contribution in [0.1, 0.15) is 48.5 Å². The Morgan fingerprint density at radius 2 is 1.93 bits per heavy atom. The highest BCUT2D eigenvalue weighted by atomic mass is 32.2. The molecule has 0 aliphatic carbocycles. The van der Waals surface area contributed by atoms with Gasteiger partial charge in [0.05, 0.1) is 23.0 Å². The number of hydrogen-bond donors (Lipinski definition) is 1. The molecular weight excluding hydrogens is 420 g/mol. The molecule has 0 spiro atoms. The highest BCUT2D eigenvalue weighted by Gasteiger charge is 2.25. The van der Waals surface area contributed by atoms with Gasteiger partial charge in [-0.15, -0.1) is 0 Å². The van der Waals surface area contributed by atoms with Crippen molar-refractivity contribution in [1.82, 2.24) is 13.6 Å². The maximum absolute atomic E-state index is 13.2. The highest BCUT2D eigenvalue weighted by molar-refractivity contribution is 7.93. The Hall–Kier alpha value is -2.52. The van der Waals surface area contributed by atoms with Gasteiger partial charge in [-0.05, 0) is 55.5 Å². The van der Waals surface area contributed by atoms with Gasteiger partial charge in [0.15, 0.2) is 0 Å².